The van der Waals surface area contributed by atoms with Crippen molar-refractivity contribution in [2.24, 2.45) is 0 Å². The van der Waals surface area contributed by atoms with Gasteiger partial charge in [0.25, 0.3) is 0 Å². The molecule has 0 fully saturated rings. The molecular weight excluding hydrogens is 281 g/mol. The quantitative estimate of drug-likeness (QED) is 0.787. The van der Waals surface area contributed by atoms with Crippen molar-refractivity contribution in [3.05, 3.63) is 66.2 Å². The summed E-state index contributed by atoms with van der Waals surface area (Å²) in [5.41, 5.74) is 2.68. The molecule has 3 rings (SSSR count). The van der Waals surface area contributed by atoms with Gasteiger partial charge in [-0.2, -0.15) is 0 Å². The van der Waals surface area contributed by atoms with E-state index in [-0.39, 0.29) is 11.7 Å². The van der Waals surface area contributed by atoms with Crippen LogP contribution in [0, 0.1) is 5.82 Å². The van der Waals surface area contributed by atoms with Gasteiger partial charge in [0.15, 0.2) is 0 Å². The summed E-state index contributed by atoms with van der Waals surface area (Å²) in [4.78, 5) is 16.2. The Balaban J connectivity index is 1.54. The number of halogens is 1. The second kappa shape index (κ2) is 6.39. The molecule has 0 aliphatic heterocycles. The van der Waals surface area contributed by atoms with Crippen molar-refractivity contribution in [3.63, 3.8) is 0 Å². The number of carbonyl (C=O) groups excluding carboxylic acids is 1. The van der Waals surface area contributed by atoms with Crippen LogP contribution in [0.4, 0.5) is 4.39 Å². The van der Waals surface area contributed by atoms with Gasteiger partial charge in [-0.25, -0.2) is 9.37 Å². The van der Waals surface area contributed by atoms with E-state index in [1.807, 2.05) is 28.8 Å². The third-order valence-electron chi connectivity index (χ3n) is 3.49. The first-order valence-electron chi connectivity index (χ1n) is 7.13. The van der Waals surface area contributed by atoms with Gasteiger partial charge in [0.1, 0.15) is 5.82 Å². The molecule has 1 heterocycles. The predicted molar refractivity (Wildman–Crippen MR) is 82.6 cm³/mol. The van der Waals surface area contributed by atoms with Gasteiger partial charge in [-0.3, -0.25) is 4.79 Å². The minimum absolute atomic E-state index is 0.0676. The number of nitrogens with zero attached hydrogens (tertiary/aromatic N) is 2. The van der Waals surface area contributed by atoms with Crippen LogP contribution >= 0.6 is 0 Å². The number of rotatable bonds is 5. The van der Waals surface area contributed by atoms with E-state index in [1.165, 1.54) is 12.1 Å². The number of hydrogen-bond donors (Lipinski definition) is 1. The number of imidazole rings is 1. The van der Waals surface area contributed by atoms with E-state index in [9.17, 15) is 9.18 Å². The Morgan fingerprint density at radius 1 is 1.18 bits per heavy atom. The van der Waals surface area contributed by atoms with Gasteiger partial charge in [-0.05, 0) is 29.8 Å². The van der Waals surface area contributed by atoms with E-state index in [0.29, 0.717) is 19.5 Å². The molecule has 0 aliphatic carbocycles. The largest absolute Gasteiger partial charge is 0.352 e. The summed E-state index contributed by atoms with van der Waals surface area (Å²) >= 11 is 0. The average Bonchev–Trinajstić information content (AvgIpc) is 2.94. The standard InChI is InChI=1S/C17H16FN3O/c18-14-5-3-4-13(10-14)11-19-17(22)8-9-21-12-20-15-6-1-2-7-16(15)21/h1-7,10,12H,8-9,11H2,(H,19,22). The molecule has 2 aromatic carbocycles. The Kier molecular flexibility index (Phi) is 4.14. The maximum absolute atomic E-state index is 13.1. The number of benzene rings is 2. The van der Waals surface area contributed by atoms with Crippen molar-refractivity contribution >= 4 is 16.9 Å². The molecule has 0 atom stereocenters. The topological polar surface area (TPSA) is 46.9 Å². The van der Waals surface area contributed by atoms with Crippen LogP contribution in [-0.4, -0.2) is 15.5 Å². The molecular formula is C17H16FN3O. The molecule has 0 aliphatic rings. The lowest BCUT2D eigenvalue weighted by atomic mass is 10.2. The van der Waals surface area contributed by atoms with Gasteiger partial charge < -0.3 is 9.88 Å². The molecule has 0 spiro atoms. The van der Waals surface area contributed by atoms with Gasteiger partial charge >= 0.3 is 0 Å². The number of carbonyl (C=O) groups is 1. The third-order valence-corrected chi connectivity index (χ3v) is 3.49. The molecule has 3 aromatic rings. The lowest BCUT2D eigenvalue weighted by Crippen LogP contribution is -2.23. The van der Waals surface area contributed by atoms with E-state index in [4.69, 9.17) is 0 Å². The number of aryl methyl sites for hydroxylation is 1. The number of hydrogen-bond acceptors (Lipinski definition) is 2. The molecule has 0 bridgehead atoms. The molecule has 1 N–H and O–H groups in total. The Bertz CT molecular complexity index is 797. The van der Waals surface area contributed by atoms with Crippen LogP contribution in [0.1, 0.15) is 12.0 Å². The number of para-hydroxylation sites is 2. The number of fused-ring (bicyclic) bond motifs is 1. The zero-order valence-corrected chi connectivity index (χ0v) is 12.0. The van der Waals surface area contributed by atoms with Crippen LogP contribution in [0.15, 0.2) is 54.9 Å². The van der Waals surface area contributed by atoms with Gasteiger partial charge in [-0.1, -0.05) is 24.3 Å². The van der Waals surface area contributed by atoms with E-state index < -0.39 is 0 Å². The highest BCUT2D eigenvalue weighted by atomic mass is 19.1. The Hall–Kier alpha value is -2.69. The summed E-state index contributed by atoms with van der Waals surface area (Å²) < 4.78 is 15.0. The molecule has 0 saturated carbocycles. The second-order valence-electron chi connectivity index (χ2n) is 5.08. The molecule has 112 valence electrons. The zero-order chi connectivity index (χ0) is 15.4. The summed E-state index contributed by atoms with van der Waals surface area (Å²) in [5.74, 6) is -0.362. The summed E-state index contributed by atoms with van der Waals surface area (Å²) in [5, 5.41) is 2.80. The van der Waals surface area contributed by atoms with Gasteiger partial charge in [0.2, 0.25) is 5.91 Å². The van der Waals surface area contributed by atoms with Crippen molar-refractivity contribution < 1.29 is 9.18 Å². The summed E-state index contributed by atoms with van der Waals surface area (Å²) in [6.45, 7) is 0.900. The number of nitrogens with one attached hydrogen (secondary N) is 1. The molecule has 0 unspecified atom stereocenters. The normalized spacial score (nSPS) is 10.8. The lowest BCUT2D eigenvalue weighted by molar-refractivity contribution is -0.121. The maximum Gasteiger partial charge on any atom is 0.222 e. The van der Waals surface area contributed by atoms with Crippen LogP contribution in [0.3, 0.4) is 0 Å². The summed E-state index contributed by atoms with van der Waals surface area (Å²) in [6.07, 6.45) is 2.10. The summed E-state index contributed by atoms with van der Waals surface area (Å²) in [7, 11) is 0. The van der Waals surface area contributed by atoms with Crippen LogP contribution in [0.5, 0.6) is 0 Å². The Morgan fingerprint density at radius 3 is 2.91 bits per heavy atom. The average molecular weight is 297 g/mol. The van der Waals surface area contributed by atoms with E-state index in [1.54, 1.807) is 18.5 Å². The van der Waals surface area contributed by atoms with Crippen molar-refractivity contribution in [3.8, 4) is 0 Å². The fourth-order valence-electron chi connectivity index (χ4n) is 2.35. The summed E-state index contributed by atoms with van der Waals surface area (Å²) in [6, 6.07) is 14.0. The second-order valence-corrected chi connectivity index (χ2v) is 5.08. The SMILES string of the molecule is O=C(CCn1cnc2ccccc21)NCc1cccc(F)c1. The Morgan fingerprint density at radius 2 is 2.05 bits per heavy atom. The van der Waals surface area contributed by atoms with Crippen LogP contribution < -0.4 is 5.32 Å². The zero-order valence-electron chi connectivity index (χ0n) is 12.0. The van der Waals surface area contributed by atoms with Crippen molar-refractivity contribution in [2.75, 3.05) is 0 Å². The molecule has 22 heavy (non-hydrogen) atoms. The molecule has 0 saturated heterocycles. The lowest BCUT2D eigenvalue weighted by Gasteiger charge is -2.07. The van der Waals surface area contributed by atoms with Crippen LogP contribution in [0.2, 0.25) is 0 Å². The first-order chi connectivity index (χ1) is 10.7. The fraction of sp³-hybridized carbons (Fsp3) is 0.176. The highest BCUT2D eigenvalue weighted by molar-refractivity contribution is 5.77. The van der Waals surface area contributed by atoms with Gasteiger partial charge in [0.05, 0.1) is 17.4 Å². The van der Waals surface area contributed by atoms with Gasteiger partial charge in [-0.15, -0.1) is 0 Å². The van der Waals surface area contributed by atoms with E-state index >= 15 is 0 Å². The molecule has 0 radical (unpaired) electrons. The molecule has 4 nitrogen and oxygen atoms in total. The van der Waals surface area contributed by atoms with Gasteiger partial charge in [0, 0.05) is 19.5 Å². The predicted octanol–water partition coefficient (Wildman–Crippen LogP) is 2.88. The monoisotopic (exact) mass is 297 g/mol. The van der Waals surface area contributed by atoms with E-state index in [2.05, 4.69) is 10.3 Å². The minimum atomic E-state index is -0.295. The Labute approximate surface area is 127 Å². The fourth-order valence-corrected chi connectivity index (χ4v) is 2.35. The molecule has 1 aromatic heterocycles. The van der Waals surface area contributed by atoms with Crippen LogP contribution in [0.25, 0.3) is 11.0 Å². The maximum atomic E-state index is 13.1. The van der Waals surface area contributed by atoms with Crippen LogP contribution in [-0.2, 0) is 17.9 Å². The van der Waals surface area contributed by atoms with Crippen molar-refractivity contribution in [2.45, 2.75) is 19.5 Å². The first kappa shape index (κ1) is 14.3. The molecule has 5 heteroatoms. The third kappa shape index (κ3) is 3.31. The minimum Gasteiger partial charge on any atom is -0.352 e. The number of amides is 1. The van der Waals surface area contributed by atoms with Crippen molar-refractivity contribution in [1.82, 2.24) is 14.9 Å². The first-order valence-corrected chi connectivity index (χ1v) is 7.13. The highest BCUT2D eigenvalue weighted by Crippen LogP contribution is 2.12. The van der Waals surface area contributed by atoms with Crippen molar-refractivity contribution in [1.29, 1.82) is 0 Å². The molecule has 1 amide bonds. The highest BCUT2D eigenvalue weighted by Gasteiger charge is 2.05. The number of aromatic nitrogens is 2. The smallest absolute Gasteiger partial charge is 0.222 e. The van der Waals surface area contributed by atoms with E-state index in [0.717, 1.165) is 16.6 Å².